The smallest absolute Gasteiger partial charge is 0.747 e. The van der Waals surface area contributed by atoms with Crippen LogP contribution in [0.1, 0.15) is 105 Å². The molecule has 0 saturated carbocycles. The molecule has 1 aliphatic carbocycles. The molecule has 3 nitrogen and oxygen atoms in total. The van der Waals surface area contributed by atoms with Crippen LogP contribution in [0.25, 0.3) is 0 Å². The summed E-state index contributed by atoms with van der Waals surface area (Å²) in [6, 6.07) is 0. The number of hydrogen-bond donors (Lipinski definition) is 0. The molecule has 1 rings (SSSR count). The maximum absolute atomic E-state index is 11.6. The van der Waals surface area contributed by atoms with Gasteiger partial charge in [-0.25, -0.2) is 8.42 Å². The van der Waals surface area contributed by atoms with Crippen molar-refractivity contribution in [2.75, 3.05) is 0 Å². The molecular formula is C23H41NaO3S. The van der Waals surface area contributed by atoms with Crippen molar-refractivity contribution in [1.29, 1.82) is 0 Å². The molecule has 28 heavy (non-hydrogen) atoms. The third-order valence-electron chi connectivity index (χ3n) is 6.19. The number of allylic oxidation sites excluding steroid dienone is 3. The largest absolute Gasteiger partial charge is 1.00 e. The van der Waals surface area contributed by atoms with Crippen molar-refractivity contribution in [2.45, 2.75) is 109 Å². The van der Waals surface area contributed by atoms with Gasteiger partial charge in [-0.1, -0.05) is 109 Å². The fraction of sp³-hybridized carbons (Fsp3) is 0.826. The summed E-state index contributed by atoms with van der Waals surface area (Å²) < 4.78 is 33.6. The normalized spacial score (nSPS) is 22.2. The summed E-state index contributed by atoms with van der Waals surface area (Å²) in [4.78, 5) is 0. The van der Waals surface area contributed by atoms with Gasteiger partial charge in [0.1, 0.15) is 10.1 Å². The molecule has 1 aliphatic rings. The van der Waals surface area contributed by atoms with Crippen molar-refractivity contribution in [3.05, 3.63) is 23.8 Å². The molecule has 158 valence electrons. The van der Waals surface area contributed by atoms with Crippen LogP contribution in [0.5, 0.6) is 0 Å². The van der Waals surface area contributed by atoms with Crippen LogP contribution in [0, 0.1) is 11.8 Å². The minimum atomic E-state index is -4.34. The predicted octanol–water partition coefficient (Wildman–Crippen LogP) is 3.76. The van der Waals surface area contributed by atoms with E-state index in [1.54, 1.807) is 19.1 Å². The SMILES string of the molecule is CC(C)CCCCCCCCCCCCC1=CC=CC(C)(S(=O)(=O)[O-])C1C.[Na+]. The fourth-order valence-electron chi connectivity index (χ4n) is 3.92. The van der Waals surface area contributed by atoms with Crippen LogP contribution in [-0.4, -0.2) is 17.7 Å². The van der Waals surface area contributed by atoms with Crippen molar-refractivity contribution in [3.8, 4) is 0 Å². The standard InChI is InChI=1S/C23H42O3S.Na/c1-20(2)16-13-11-9-7-5-6-8-10-12-14-17-22-18-15-19-23(4,21(22)3)27(24,25)26;/h15,18-21H,5-14,16-17H2,1-4H3,(H,24,25,26);/q;+1/p-1. The summed E-state index contributed by atoms with van der Waals surface area (Å²) in [6.45, 7) is 8.01. The van der Waals surface area contributed by atoms with Gasteiger partial charge < -0.3 is 4.55 Å². The average Bonchev–Trinajstić information content (AvgIpc) is 2.58. The molecule has 5 heteroatoms. The summed E-state index contributed by atoms with van der Waals surface area (Å²) in [5, 5.41) is 0. The predicted molar refractivity (Wildman–Crippen MR) is 115 cm³/mol. The zero-order chi connectivity index (χ0) is 20.3. The van der Waals surface area contributed by atoms with Crippen LogP contribution in [0.3, 0.4) is 0 Å². The fourth-order valence-corrected chi connectivity index (χ4v) is 4.74. The Bertz CT molecular complexity index is 581. The van der Waals surface area contributed by atoms with Gasteiger partial charge in [-0.2, -0.15) is 0 Å². The second-order valence-corrected chi connectivity index (χ2v) is 10.7. The first-order valence-corrected chi connectivity index (χ1v) is 12.4. The summed E-state index contributed by atoms with van der Waals surface area (Å²) >= 11 is 0. The first-order chi connectivity index (χ1) is 12.7. The molecule has 0 aromatic carbocycles. The quantitative estimate of drug-likeness (QED) is 0.244. The van der Waals surface area contributed by atoms with E-state index in [0.29, 0.717) is 0 Å². The van der Waals surface area contributed by atoms with Gasteiger partial charge in [-0.05, 0) is 31.6 Å². The van der Waals surface area contributed by atoms with Gasteiger partial charge in [-0.3, -0.25) is 0 Å². The third kappa shape index (κ3) is 9.93. The zero-order valence-electron chi connectivity index (χ0n) is 19.0. The minimum absolute atomic E-state index is 0. The Labute approximate surface area is 196 Å². The molecule has 0 amide bonds. The van der Waals surface area contributed by atoms with E-state index in [2.05, 4.69) is 13.8 Å². The van der Waals surface area contributed by atoms with Gasteiger partial charge in [0.25, 0.3) is 0 Å². The number of unbranched alkanes of at least 4 members (excludes halogenated alkanes) is 9. The van der Waals surface area contributed by atoms with E-state index in [1.807, 2.05) is 13.0 Å². The van der Waals surface area contributed by atoms with E-state index < -0.39 is 14.9 Å². The summed E-state index contributed by atoms with van der Waals surface area (Å²) in [5.74, 6) is 0.604. The van der Waals surface area contributed by atoms with E-state index in [9.17, 15) is 13.0 Å². The van der Waals surface area contributed by atoms with Crippen LogP contribution >= 0.6 is 0 Å². The van der Waals surface area contributed by atoms with Crippen molar-refractivity contribution >= 4 is 10.1 Å². The van der Waals surface area contributed by atoms with Crippen LogP contribution in [-0.2, 0) is 10.1 Å². The van der Waals surface area contributed by atoms with Crippen molar-refractivity contribution in [2.24, 2.45) is 11.8 Å². The van der Waals surface area contributed by atoms with Crippen LogP contribution < -0.4 is 29.6 Å². The molecule has 0 fully saturated rings. The Morgan fingerprint density at radius 1 is 0.964 bits per heavy atom. The molecule has 0 heterocycles. The van der Waals surface area contributed by atoms with Crippen molar-refractivity contribution < 1.29 is 42.5 Å². The van der Waals surface area contributed by atoms with Gasteiger partial charge >= 0.3 is 29.6 Å². The second-order valence-electron chi connectivity index (χ2n) is 8.93. The summed E-state index contributed by atoms with van der Waals surface area (Å²) in [5.41, 5.74) is 1.10. The topological polar surface area (TPSA) is 57.2 Å². The molecule has 0 aromatic heterocycles. The van der Waals surface area contributed by atoms with Crippen LogP contribution in [0.2, 0.25) is 0 Å². The van der Waals surface area contributed by atoms with E-state index in [-0.39, 0.29) is 35.5 Å². The Balaban J connectivity index is 0.00000729. The van der Waals surface area contributed by atoms with Gasteiger partial charge in [-0.15, -0.1) is 0 Å². The first-order valence-electron chi connectivity index (χ1n) is 11.0. The first kappa shape index (κ1) is 28.4. The van der Waals surface area contributed by atoms with Gasteiger partial charge in [0.15, 0.2) is 0 Å². The molecule has 2 unspecified atom stereocenters. The molecule has 2 atom stereocenters. The zero-order valence-corrected chi connectivity index (χ0v) is 21.8. The summed E-state index contributed by atoms with van der Waals surface area (Å²) in [7, 11) is -4.34. The monoisotopic (exact) mass is 420 g/mol. The minimum Gasteiger partial charge on any atom is -0.747 e. The van der Waals surface area contributed by atoms with E-state index in [0.717, 1.165) is 24.3 Å². The Kier molecular flexibility index (Phi) is 14.6. The maximum Gasteiger partial charge on any atom is 1.00 e. The molecule has 0 N–H and O–H groups in total. The van der Waals surface area contributed by atoms with Gasteiger partial charge in [0.05, 0.1) is 4.75 Å². The van der Waals surface area contributed by atoms with E-state index in [1.165, 1.54) is 64.2 Å². The molecule has 0 bridgehead atoms. The Morgan fingerprint density at radius 2 is 1.43 bits per heavy atom. The van der Waals surface area contributed by atoms with E-state index in [4.69, 9.17) is 0 Å². The van der Waals surface area contributed by atoms with Crippen molar-refractivity contribution in [1.82, 2.24) is 0 Å². The second kappa shape index (κ2) is 14.4. The molecule has 0 saturated heterocycles. The third-order valence-corrected chi connectivity index (χ3v) is 7.76. The number of rotatable bonds is 14. The van der Waals surface area contributed by atoms with E-state index >= 15 is 0 Å². The molecule has 0 spiro atoms. The average molecular weight is 421 g/mol. The van der Waals surface area contributed by atoms with Crippen molar-refractivity contribution in [3.63, 3.8) is 0 Å². The molecule has 0 aromatic rings. The van der Waals surface area contributed by atoms with Gasteiger partial charge in [0.2, 0.25) is 0 Å². The molecule has 0 radical (unpaired) electrons. The van der Waals surface area contributed by atoms with Gasteiger partial charge in [0, 0.05) is 0 Å². The Morgan fingerprint density at radius 3 is 1.89 bits per heavy atom. The molecule has 0 aliphatic heterocycles. The summed E-state index contributed by atoms with van der Waals surface area (Å²) in [6.07, 6.45) is 20.6. The number of hydrogen-bond acceptors (Lipinski definition) is 3. The Hall–Kier alpha value is 0.390. The van der Waals surface area contributed by atoms with Crippen LogP contribution in [0.15, 0.2) is 23.8 Å². The van der Waals surface area contributed by atoms with Crippen LogP contribution in [0.4, 0.5) is 0 Å². The maximum atomic E-state index is 11.6. The molecular weight excluding hydrogens is 379 g/mol.